The van der Waals surface area contributed by atoms with Crippen LogP contribution in [0.15, 0.2) is 18.2 Å². The third-order valence-corrected chi connectivity index (χ3v) is 4.09. The maximum atomic E-state index is 12.7. The first kappa shape index (κ1) is 17.9. The van der Waals surface area contributed by atoms with Gasteiger partial charge in [0, 0.05) is 37.8 Å². The minimum Gasteiger partial charge on any atom is -0.497 e. The summed E-state index contributed by atoms with van der Waals surface area (Å²) in [5.74, 6) is 1.11. The molecule has 0 aliphatic carbocycles. The molecule has 7 heteroatoms. The van der Waals surface area contributed by atoms with E-state index >= 15 is 0 Å². The Morgan fingerprint density at radius 2 is 1.83 bits per heavy atom. The second-order valence-electron chi connectivity index (χ2n) is 5.66. The molecule has 0 unspecified atom stereocenters. The van der Waals surface area contributed by atoms with Gasteiger partial charge >= 0.3 is 6.03 Å². The van der Waals surface area contributed by atoms with Crippen LogP contribution in [-0.2, 0) is 4.79 Å². The summed E-state index contributed by atoms with van der Waals surface area (Å²) >= 11 is 0. The number of methoxy groups -OCH3 is 2. The van der Waals surface area contributed by atoms with Crippen molar-refractivity contribution in [1.82, 2.24) is 10.2 Å². The van der Waals surface area contributed by atoms with Gasteiger partial charge < -0.3 is 24.6 Å². The lowest BCUT2D eigenvalue weighted by Gasteiger charge is -2.39. The Morgan fingerprint density at radius 3 is 2.38 bits per heavy atom. The minimum absolute atomic E-state index is 0.122. The molecular formula is C17H25N3O4. The van der Waals surface area contributed by atoms with Crippen LogP contribution in [0.5, 0.6) is 11.5 Å². The van der Waals surface area contributed by atoms with Gasteiger partial charge in [-0.1, -0.05) is 6.92 Å². The van der Waals surface area contributed by atoms with Gasteiger partial charge in [0.15, 0.2) is 0 Å². The number of hydrogen-bond donors (Lipinski definition) is 1. The fraction of sp³-hybridized carbons (Fsp3) is 0.529. The molecule has 24 heavy (non-hydrogen) atoms. The molecule has 1 heterocycles. The maximum Gasteiger partial charge on any atom is 0.318 e. The third kappa shape index (κ3) is 3.72. The van der Waals surface area contributed by atoms with Crippen molar-refractivity contribution in [2.75, 3.05) is 38.8 Å². The molecule has 1 N–H and O–H groups in total. The van der Waals surface area contributed by atoms with E-state index in [9.17, 15) is 9.59 Å². The molecule has 0 bridgehead atoms. The third-order valence-electron chi connectivity index (χ3n) is 4.09. The maximum absolute atomic E-state index is 12.7. The number of rotatable bonds is 5. The van der Waals surface area contributed by atoms with E-state index in [1.165, 1.54) is 0 Å². The molecule has 1 aromatic rings. The van der Waals surface area contributed by atoms with Gasteiger partial charge in [0.1, 0.15) is 17.5 Å². The molecule has 1 aromatic carbocycles. The van der Waals surface area contributed by atoms with Crippen LogP contribution in [0.1, 0.15) is 20.3 Å². The molecule has 1 atom stereocenters. The zero-order valence-corrected chi connectivity index (χ0v) is 14.7. The quantitative estimate of drug-likeness (QED) is 0.891. The Morgan fingerprint density at radius 1 is 1.21 bits per heavy atom. The number of carbonyl (C=O) groups is 2. The summed E-state index contributed by atoms with van der Waals surface area (Å²) < 4.78 is 10.5. The molecule has 1 saturated heterocycles. The monoisotopic (exact) mass is 335 g/mol. The van der Waals surface area contributed by atoms with Crippen LogP contribution in [0.3, 0.4) is 0 Å². The van der Waals surface area contributed by atoms with Crippen molar-refractivity contribution in [2.24, 2.45) is 0 Å². The Hall–Kier alpha value is -2.44. The topological polar surface area (TPSA) is 71.1 Å². The van der Waals surface area contributed by atoms with E-state index in [4.69, 9.17) is 9.47 Å². The van der Waals surface area contributed by atoms with E-state index < -0.39 is 6.04 Å². The Balaban J connectivity index is 2.18. The van der Waals surface area contributed by atoms with Crippen LogP contribution < -0.4 is 19.7 Å². The molecule has 0 saturated carbocycles. The SMILES string of the molecule is CCCNC(=O)N1CCN(c2cc(OC)cc(OC)c2)C(=O)[C@@H]1C. The molecule has 0 aromatic heterocycles. The summed E-state index contributed by atoms with van der Waals surface area (Å²) in [6, 6.07) is 4.62. The number of nitrogens with zero attached hydrogens (tertiary/aromatic N) is 2. The summed E-state index contributed by atoms with van der Waals surface area (Å²) in [5.41, 5.74) is 0.705. The second-order valence-corrected chi connectivity index (χ2v) is 5.66. The van der Waals surface area contributed by atoms with Gasteiger partial charge in [-0.3, -0.25) is 4.79 Å². The van der Waals surface area contributed by atoms with Gasteiger partial charge in [0.2, 0.25) is 5.91 Å². The molecule has 7 nitrogen and oxygen atoms in total. The smallest absolute Gasteiger partial charge is 0.318 e. The van der Waals surface area contributed by atoms with E-state index in [2.05, 4.69) is 5.32 Å². The minimum atomic E-state index is -0.521. The largest absolute Gasteiger partial charge is 0.497 e. The molecule has 1 aliphatic rings. The van der Waals surface area contributed by atoms with E-state index in [-0.39, 0.29) is 11.9 Å². The van der Waals surface area contributed by atoms with Gasteiger partial charge in [0.25, 0.3) is 0 Å². The van der Waals surface area contributed by atoms with Crippen molar-refractivity contribution in [3.05, 3.63) is 18.2 Å². The van der Waals surface area contributed by atoms with E-state index in [0.717, 1.165) is 6.42 Å². The fourth-order valence-corrected chi connectivity index (χ4v) is 2.69. The molecule has 2 rings (SSSR count). The lowest BCUT2D eigenvalue weighted by atomic mass is 10.1. The summed E-state index contributed by atoms with van der Waals surface area (Å²) in [7, 11) is 3.14. The van der Waals surface area contributed by atoms with Crippen LogP contribution in [0.4, 0.5) is 10.5 Å². The molecule has 1 aliphatic heterocycles. The number of urea groups is 1. The normalized spacial score (nSPS) is 17.7. The summed E-state index contributed by atoms with van der Waals surface area (Å²) in [5, 5.41) is 2.82. The number of piperazine rings is 1. The van der Waals surface area contributed by atoms with Crippen molar-refractivity contribution < 1.29 is 19.1 Å². The Bertz CT molecular complexity index is 583. The van der Waals surface area contributed by atoms with Crippen molar-refractivity contribution >= 4 is 17.6 Å². The Labute approximate surface area is 142 Å². The number of carbonyl (C=O) groups excluding carboxylic acids is 2. The average Bonchev–Trinajstić information content (AvgIpc) is 2.61. The first-order valence-corrected chi connectivity index (χ1v) is 8.10. The summed E-state index contributed by atoms with van der Waals surface area (Å²) in [4.78, 5) is 28.1. The number of anilines is 1. The predicted molar refractivity (Wildman–Crippen MR) is 91.8 cm³/mol. The van der Waals surface area contributed by atoms with Gasteiger partial charge in [-0.15, -0.1) is 0 Å². The lowest BCUT2D eigenvalue weighted by molar-refractivity contribution is -0.124. The number of hydrogen-bond acceptors (Lipinski definition) is 4. The summed E-state index contributed by atoms with van der Waals surface area (Å²) in [6.45, 7) is 5.24. The van der Waals surface area contributed by atoms with Gasteiger partial charge in [-0.05, 0) is 13.3 Å². The van der Waals surface area contributed by atoms with Crippen molar-refractivity contribution in [2.45, 2.75) is 26.3 Å². The molecular weight excluding hydrogens is 310 g/mol. The standard InChI is InChI=1S/C17H25N3O4/c1-5-6-18-17(22)19-7-8-20(16(21)12(19)2)13-9-14(23-3)11-15(10-13)24-4/h9-12H,5-8H2,1-4H3,(H,18,22)/t12-/m0/s1. The van der Waals surface area contributed by atoms with Gasteiger partial charge in [-0.25, -0.2) is 4.79 Å². The first-order valence-electron chi connectivity index (χ1n) is 8.10. The highest BCUT2D eigenvalue weighted by molar-refractivity contribution is 6.00. The number of nitrogens with one attached hydrogen (secondary N) is 1. The molecule has 0 spiro atoms. The molecule has 1 fully saturated rings. The van der Waals surface area contributed by atoms with Crippen LogP contribution in [0.2, 0.25) is 0 Å². The molecule has 0 radical (unpaired) electrons. The van der Waals surface area contributed by atoms with Crippen LogP contribution in [0.25, 0.3) is 0 Å². The average molecular weight is 335 g/mol. The Kier molecular flexibility index (Phi) is 5.89. The second kappa shape index (κ2) is 7.90. The highest BCUT2D eigenvalue weighted by Crippen LogP contribution is 2.30. The number of amides is 3. The van der Waals surface area contributed by atoms with Gasteiger partial charge in [-0.2, -0.15) is 0 Å². The lowest BCUT2D eigenvalue weighted by Crippen LogP contribution is -2.59. The van der Waals surface area contributed by atoms with Crippen LogP contribution >= 0.6 is 0 Å². The molecule has 3 amide bonds. The number of benzene rings is 1. The first-order chi connectivity index (χ1) is 11.5. The zero-order valence-electron chi connectivity index (χ0n) is 14.7. The van der Waals surface area contributed by atoms with Crippen LogP contribution in [-0.4, -0.2) is 56.7 Å². The van der Waals surface area contributed by atoms with Crippen LogP contribution in [0, 0.1) is 0 Å². The fourth-order valence-electron chi connectivity index (χ4n) is 2.69. The highest BCUT2D eigenvalue weighted by atomic mass is 16.5. The van der Waals surface area contributed by atoms with Gasteiger partial charge in [0.05, 0.1) is 19.9 Å². The van der Waals surface area contributed by atoms with E-state index in [1.807, 2.05) is 6.92 Å². The van der Waals surface area contributed by atoms with Crippen molar-refractivity contribution in [3.63, 3.8) is 0 Å². The zero-order chi connectivity index (χ0) is 17.7. The van der Waals surface area contributed by atoms with Crippen molar-refractivity contribution in [3.8, 4) is 11.5 Å². The van der Waals surface area contributed by atoms with E-state index in [1.54, 1.807) is 49.1 Å². The highest BCUT2D eigenvalue weighted by Gasteiger charge is 2.35. The molecule has 132 valence electrons. The van der Waals surface area contributed by atoms with E-state index in [0.29, 0.717) is 36.8 Å². The predicted octanol–water partition coefficient (Wildman–Crippen LogP) is 1.86. The summed E-state index contributed by atoms with van der Waals surface area (Å²) in [6.07, 6.45) is 0.859. The van der Waals surface area contributed by atoms with Crippen molar-refractivity contribution in [1.29, 1.82) is 0 Å². The number of ether oxygens (including phenoxy) is 2.